The van der Waals surface area contributed by atoms with Crippen molar-refractivity contribution in [1.29, 1.82) is 0 Å². The van der Waals surface area contributed by atoms with E-state index in [-0.39, 0.29) is 17.4 Å². The van der Waals surface area contributed by atoms with E-state index in [9.17, 15) is 9.90 Å². The highest BCUT2D eigenvalue weighted by Crippen LogP contribution is 2.55. The van der Waals surface area contributed by atoms with Gasteiger partial charge in [0.15, 0.2) is 0 Å². The minimum Gasteiger partial charge on any atom is -0.489 e. The van der Waals surface area contributed by atoms with Crippen LogP contribution in [-0.2, 0) is 13.7 Å². The summed E-state index contributed by atoms with van der Waals surface area (Å²) in [7, 11) is 1.83. The molecule has 2 aromatic heterocycles. The SMILES string of the molecule is Cn1cc([C@H]2CC2c2c(C(=O)O)cnn2-c2cccc(-c3cccc(OCc4cccc(-c5ccccc5)c4)c3)c2)nn1. The lowest BCUT2D eigenvalue weighted by atomic mass is 10.0. The van der Waals surface area contributed by atoms with Crippen LogP contribution in [0, 0.1) is 0 Å². The first-order chi connectivity index (χ1) is 21.0. The molecule has 43 heavy (non-hydrogen) atoms. The highest BCUT2D eigenvalue weighted by Gasteiger charge is 2.46. The monoisotopic (exact) mass is 567 g/mol. The number of rotatable bonds is 9. The van der Waals surface area contributed by atoms with Crippen molar-refractivity contribution in [3.05, 3.63) is 138 Å². The van der Waals surface area contributed by atoms with Gasteiger partial charge in [-0.15, -0.1) is 5.10 Å². The fourth-order valence-electron chi connectivity index (χ4n) is 5.67. The molecule has 1 saturated carbocycles. The molecule has 0 amide bonds. The third kappa shape index (κ3) is 5.42. The van der Waals surface area contributed by atoms with Gasteiger partial charge in [-0.3, -0.25) is 4.68 Å². The standard InChI is InChI=1S/C35H29N5O3/c1-39-21-33(37-38-39)30-19-31(30)34-32(35(41)42)20-36-40(34)28-14-6-12-26(17-28)27-13-7-15-29(18-27)43-22-23-8-5-11-25(16-23)24-9-3-2-4-10-24/h2-18,20-21,30-31H,19,22H2,1H3,(H,41,42)/t30-,31?/m0/s1. The lowest BCUT2D eigenvalue weighted by Crippen LogP contribution is -2.06. The van der Waals surface area contributed by atoms with E-state index in [2.05, 4.69) is 51.8 Å². The van der Waals surface area contributed by atoms with Crippen LogP contribution < -0.4 is 4.74 Å². The van der Waals surface area contributed by atoms with Crippen LogP contribution in [0.2, 0.25) is 0 Å². The average molecular weight is 568 g/mol. The molecule has 1 fully saturated rings. The summed E-state index contributed by atoms with van der Waals surface area (Å²) in [6, 6.07) is 34.7. The molecule has 6 aromatic rings. The second-order valence-electron chi connectivity index (χ2n) is 10.9. The Morgan fingerprint density at radius 1 is 0.860 bits per heavy atom. The molecule has 8 nitrogen and oxygen atoms in total. The van der Waals surface area contributed by atoms with Crippen molar-refractivity contribution in [3.8, 4) is 33.7 Å². The molecule has 2 atom stereocenters. The number of ether oxygens (including phenoxy) is 1. The first kappa shape index (κ1) is 26.4. The molecule has 1 aliphatic carbocycles. The molecule has 212 valence electrons. The Hall–Kier alpha value is -5.50. The molecule has 8 heteroatoms. The molecular weight excluding hydrogens is 538 g/mol. The zero-order chi connectivity index (χ0) is 29.3. The Kier molecular flexibility index (Phi) is 6.79. The largest absolute Gasteiger partial charge is 0.489 e. The van der Waals surface area contributed by atoms with Gasteiger partial charge in [-0.05, 0) is 64.6 Å². The fourth-order valence-corrected chi connectivity index (χ4v) is 5.67. The number of aromatic carboxylic acids is 1. The number of carboxylic acid groups (broad SMARTS) is 1. The summed E-state index contributed by atoms with van der Waals surface area (Å²) in [6.07, 6.45) is 4.14. The van der Waals surface area contributed by atoms with E-state index in [1.807, 2.05) is 80.0 Å². The molecule has 0 radical (unpaired) electrons. The van der Waals surface area contributed by atoms with Crippen LogP contribution in [0.15, 0.2) is 116 Å². The van der Waals surface area contributed by atoms with Crippen molar-refractivity contribution in [2.45, 2.75) is 24.9 Å². The molecular formula is C35H29N5O3. The fraction of sp³-hybridized carbons (Fsp3) is 0.143. The van der Waals surface area contributed by atoms with E-state index < -0.39 is 5.97 Å². The Balaban J connectivity index is 1.13. The number of aryl methyl sites for hydroxylation is 1. The van der Waals surface area contributed by atoms with Crippen molar-refractivity contribution >= 4 is 5.97 Å². The summed E-state index contributed by atoms with van der Waals surface area (Å²) in [5.74, 6) is -0.0918. The van der Waals surface area contributed by atoms with Gasteiger partial charge in [-0.25, -0.2) is 9.48 Å². The molecule has 0 saturated heterocycles. The number of benzene rings is 4. The lowest BCUT2D eigenvalue weighted by molar-refractivity contribution is 0.0695. The van der Waals surface area contributed by atoms with Crippen LogP contribution in [0.25, 0.3) is 27.9 Å². The number of carbonyl (C=O) groups is 1. The zero-order valence-corrected chi connectivity index (χ0v) is 23.5. The molecule has 0 bridgehead atoms. The van der Waals surface area contributed by atoms with E-state index in [1.54, 1.807) is 9.36 Å². The molecule has 1 aliphatic rings. The number of carboxylic acids is 1. The van der Waals surface area contributed by atoms with Crippen LogP contribution in [0.4, 0.5) is 0 Å². The summed E-state index contributed by atoms with van der Waals surface area (Å²) >= 11 is 0. The average Bonchev–Trinajstić information content (AvgIpc) is 3.49. The Labute approximate surface area is 248 Å². The predicted molar refractivity (Wildman–Crippen MR) is 163 cm³/mol. The topological polar surface area (TPSA) is 95.1 Å². The van der Waals surface area contributed by atoms with Gasteiger partial charge in [0.05, 0.1) is 23.3 Å². The van der Waals surface area contributed by atoms with E-state index in [1.165, 1.54) is 11.8 Å². The quantitative estimate of drug-likeness (QED) is 0.205. The minimum absolute atomic E-state index is 0.00563. The van der Waals surface area contributed by atoms with E-state index in [0.717, 1.165) is 45.8 Å². The van der Waals surface area contributed by atoms with Crippen molar-refractivity contribution < 1.29 is 14.6 Å². The number of aromatic nitrogens is 5. The van der Waals surface area contributed by atoms with Crippen LogP contribution in [0.3, 0.4) is 0 Å². The highest BCUT2D eigenvalue weighted by molar-refractivity contribution is 5.89. The van der Waals surface area contributed by atoms with Crippen molar-refractivity contribution in [2.24, 2.45) is 7.05 Å². The van der Waals surface area contributed by atoms with E-state index >= 15 is 0 Å². The highest BCUT2D eigenvalue weighted by atomic mass is 16.5. The zero-order valence-electron chi connectivity index (χ0n) is 23.5. The second kappa shape index (κ2) is 11.1. The van der Waals surface area contributed by atoms with Crippen molar-refractivity contribution in [1.82, 2.24) is 24.8 Å². The maximum Gasteiger partial charge on any atom is 0.339 e. The van der Waals surface area contributed by atoms with Crippen LogP contribution in [0.5, 0.6) is 5.75 Å². The summed E-state index contributed by atoms with van der Waals surface area (Å²) in [5.41, 5.74) is 7.97. The third-order valence-electron chi connectivity index (χ3n) is 7.88. The molecule has 0 spiro atoms. The molecule has 1 N–H and O–H groups in total. The van der Waals surface area contributed by atoms with Gasteiger partial charge in [0.2, 0.25) is 0 Å². The summed E-state index contributed by atoms with van der Waals surface area (Å²) in [5, 5.41) is 22.8. The van der Waals surface area contributed by atoms with Crippen molar-refractivity contribution in [3.63, 3.8) is 0 Å². The van der Waals surface area contributed by atoms with Gasteiger partial charge in [0.25, 0.3) is 0 Å². The lowest BCUT2D eigenvalue weighted by Gasteiger charge is -2.12. The number of hydrogen-bond acceptors (Lipinski definition) is 5. The smallest absolute Gasteiger partial charge is 0.339 e. The Bertz CT molecular complexity index is 1930. The minimum atomic E-state index is -0.985. The molecule has 7 rings (SSSR count). The molecule has 4 aromatic carbocycles. The molecule has 0 aliphatic heterocycles. The normalized spacial score (nSPS) is 15.7. The summed E-state index contributed by atoms with van der Waals surface area (Å²) < 4.78 is 9.64. The first-order valence-corrected chi connectivity index (χ1v) is 14.2. The van der Waals surface area contributed by atoms with Crippen LogP contribution in [0.1, 0.15) is 45.6 Å². The third-order valence-corrected chi connectivity index (χ3v) is 7.88. The van der Waals surface area contributed by atoms with Crippen LogP contribution in [-0.4, -0.2) is 35.9 Å². The van der Waals surface area contributed by atoms with Crippen molar-refractivity contribution in [2.75, 3.05) is 0 Å². The molecule has 1 unspecified atom stereocenters. The summed E-state index contributed by atoms with van der Waals surface area (Å²) in [4.78, 5) is 12.1. The van der Waals surface area contributed by atoms with Crippen LogP contribution >= 0.6 is 0 Å². The van der Waals surface area contributed by atoms with Gasteiger partial charge in [0.1, 0.15) is 17.9 Å². The van der Waals surface area contributed by atoms with E-state index in [4.69, 9.17) is 4.74 Å². The van der Waals surface area contributed by atoms with Gasteiger partial charge >= 0.3 is 5.97 Å². The number of nitrogens with zero attached hydrogens (tertiary/aromatic N) is 5. The van der Waals surface area contributed by atoms with Gasteiger partial charge < -0.3 is 9.84 Å². The summed E-state index contributed by atoms with van der Waals surface area (Å²) in [6.45, 7) is 0.452. The molecule has 2 heterocycles. The Morgan fingerprint density at radius 3 is 2.35 bits per heavy atom. The Morgan fingerprint density at radius 2 is 1.58 bits per heavy atom. The maximum atomic E-state index is 12.1. The number of hydrogen-bond donors (Lipinski definition) is 1. The predicted octanol–water partition coefficient (Wildman–Crippen LogP) is 6.88. The first-order valence-electron chi connectivity index (χ1n) is 14.2. The van der Waals surface area contributed by atoms with Gasteiger partial charge in [-0.2, -0.15) is 5.10 Å². The maximum absolute atomic E-state index is 12.1. The van der Waals surface area contributed by atoms with E-state index in [0.29, 0.717) is 12.3 Å². The van der Waals surface area contributed by atoms with Gasteiger partial charge in [0, 0.05) is 25.1 Å². The second-order valence-corrected chi connectivity index (χ2v) is 10.9. The van der Waals surface area contributed by atoms with Gasteiger partial charge in [-0.1, -0.05) is 78.0 Å².